The second-order valence-corrected chi connectivity index (χ2v) is 11.2. The standard InChI is InChI=1S/C25H28N2O3S2/c1-3-18(2)19-7-9-20(10-8-19)24(23-6-4-16-31-23)26-25(28)21-11-13-22(14-12-21)27-15-5-17-32(27,29)30/h4,6-14,16,18,24H,3,5,15,17H2,1-2H3,(H,26,28). The van der Waals surface area contributed by atoms with Crippen molar-refractivity contribution >= 4 is 33.0 Å². The van der Waals surface area contributed by atoms with Crippen LogP contribution in [0, 0.1) is 0 Å². The zero-order valence-corrected chi connectivity index (χ0v) is 20.0. The number of sulfonamides is 1. The van der Waals surface area contributed by atoms with Gasteiger partial charge in [0.25, 0.3) is 5.91 Å². The molecule has 4 rings (SSSR count). The Kier molecular flexibility index (Phi) is 6.67. The molecule has 0 radical (unpaired) electrons. The highest BCUT2D eigenvalue weighted by atomic mass is 32.2. The first-order valence-electron chi connectivity index (χ1n) is 10.9. The number of nitrogens with zero attached hydrogens (tertiary/aromatic N) is 1. The Balaban J connectivity index is 1.54. The molecule has 0 spiro atoms. The van der Waals surface area contributed by atoms with Gasteiger partial charge in [0.05, 0.1) is 17.5 Å². The third kappa shape index (κ3) is 4.74. The van der Waals surface area contributed by atoms with Gasteiger partial charge in [0, 0.05) is 17.0 Å². The molecule has 1 aromatic heterocycles. The van der Waals surface area contributed by atoms with Crippen LogP contribution in [0.15, 0.2) is 66.0 Å². The first kappa shape index (κ1) is 22.6. The van der Waals surface area contributed by atoms with Gasteiger partial charge in [0.15, 0.2) is 0 Å². The maximum absolute atomic E-state index is 13.1. The Morgan fingerprint density at radius 2 is 1.75 bits per heavy atom. The lowest BCUT2D eigenvalue weighted by Crippen LogP contribution is -2.29. The minimum absolute atomic E-state index is 0.174. The summed E-state index contributed by atoms with van der Waals surface area (Å²) < 4.78 is 25.7. The van der Waals surface area contributed by atoms with Gasteiger partial charge in [-0.05, 0) is 65.6 Å². The Labute approximate surface area is 194 Å². The molecule has 168 valence electrons. The van der Waals surface area contributed by atoms with Crippen LogP contribution in [0.5, 0.6) is 0 Å². The number of thiophene rings is 1. The smallest absolute Gasteiger partial charge is 0.252 e. The van der Waals surface area contributed by atoms with E-state index in [2.05, 4.69) is 43.4 Å². The third-order valence-corrected chi connectivity index (χ3v) is 8.88. The monoisotopic (exact) mass is 468 g/mol. The first-order valence-corrected chi connectivity index (χ1v) is 13.4. The van der Waals surface area contributed by atoms with Crippen LogP contribution in [0.1, 0.15) is 65.0 Å². The molecule has 1 aliphatic heterocycles. The summed E-state index contributed by atoms with van der Waals surface area (Å²) in [5, 5.41) is 5.17. The summed E-state index contributed by atoms with van der Waals surface area (Å²) in [6.07, 6.45) is 1.71. The van der Waals surface area contributed by atoms with E-state index in [-0.39, 0.29) is 17.7 Å². The zero-order valence-electron chi connectivity index (χ0n) is 18.3. The van der Waals surface area contributed by atoms with Crippen LogP contribution in [0.3, 0.4) is 0 Å². The van der Waals surface area contributed by atoms with Crippen molar-refractivity contribution in [2.45, 2.75) is 38.6 Å². The normalized spacial score (nSPS) is 17.1. The van der Waals surface area contributed by atoms with Gasteiger partial charge in [-0.3, -0.25) is 9.10 Å². The molecular formula is C25H28N2O3S2. The largest absolute Gasteiger partial charge is 0.340 e. The summed E-state index contributed by atoms with van der Waals surface area (Å²) in [4.78, 5) is 14.1. The van der Waals surface area contributed by atoms with E-state index in [0.29, 0.717) is 30.1 Å². The number of carbonyl (C=O) groups excluding carboxylic acids is 1. The van der Waals surface area contributed by atoms with Crippen LogP contribution in [0.2, 0.25) is 0 Å². The molecule has 2 unspecified atom stereocenters. The average Bonchev–Trinajstić information content (AvgIpc) is 3.46. The molecule has 1 saturated heterocycles. The number of benzene rings is 2. The van der Waals surface area contributed by atoms with E-state index in [4.69, 9.17) is 0 Å². The summed E-state index contributed by atoms with van der Waals surface area (Å²) in [6.45, 7) is 4.88. The van der Waals surface area contributed by atoms with Gasteiger partial charge in [-0.1, -0.05) is 44.2 Å². The topological polar surface area (TPSA) is 66.5 Å². The van der Waals surface area contributed by atoms with E-state index in [1.54, 1.807) is 35.6 Å². The molecule has 32 heavy (non-hydrogen) atoms. The second kappa shape index (κ2) is 9.46. The molecule has 0 saturated carbocycles. The van der Waals surface area contributed by atoms with Crippen LogP contribution in [-0.4, -0.2) is 26.6 Å². The number of amides is 1. The first-order chi connectivity index (χ1) is 15.4. The van der Waals surface area contributed by atoms with E-state index in [0.717, 1.165) is 16.9 Å². The van der Waals surface area contributed by atoms with Gasteiger partial charge < -0.3 is 5.32 Å². The predicted octanol–water partition coefficient (Wildman–Crippen LogP) is 5.32. The molecule has 1 aliphatic rings. The van der Waals surface area contributed by atoms with E-state index in [1.807, 2.05) is 17.5 Å². The van der Waals surface area contributed by atoms with Crippen molar-refractivity contribution in [1.29, 1.82) is 0 Å². The third-order valence-electron chi connectivity index (χ3n) is 6.07. The number of rotatable bonds is 7. The molecule has 2 atom stereocenters. The summed E-state index contributed by atoms with van der Waals surface area (Å²) in [5.41, 5.74) is 3.44. The summed E-state index contributed by atoms with van der Waals surface area (Å²) in [7, 11) is -3.24. The van der Waals surface area contributed by atoms with Crippen LogP contribution in [-0.2, 0) is 10.0 Å². The Morgan fingerprint density at radius 3 is 2.31 bits per heavy atom. The molecule has 0 aliphatic carbocycles. The second-order valence-electron chi connectivity index (χ2n) is 8.19. The Bertz CT molecular complexity index is 1150. The van der Waals surface area contributed by atoms with E-state index in [9.17, 15) is 13.2 Å². The minimum atomic E-state index is -3.24. The molecular weight excluding hydrogens is 440 g/mol. The number of nitrogens with one attached hydrogen (secondary N) is 1. The van der Waals surface area contributed by atoms with Gasteiger partial charge in [-0.2, -0.15) is 0 Å². The van der Waals surface area contributed by atoms with Crippen molar-refractivity contribution in [2.75, 3.05) is 16.6 Å². The van der Waals surface area contributed by atoms with Crippen LogP contribution >= 0.6 is 11.3 Å². The van der Waals surface area contributed by atoms with Crippen molar-refractivity contribution in [2.24, 2.45) is 0 Å². The number of hydrogen-bond donors (Lipinski definition) is 1. The highest BCUT2D eigenvalue weighted by Crippen LogP contribution is 2.29. The zero-order chi connectivity index (χ0) is 22.7. The van der Waals surface area contributed by atoms with Gasteiger partial charge >= 0.3 is 0 Å². The predicted molar refractivity (Wildman–Crippen MR) is 131 cm³/mol. The quantitative estimate of drug-likeness (QED) is 0.510. The van der Waals surface area contributed by atoms with Crippen molar-refractivity contribution in [3.8, 4) is 0 Å². The lowest BCUT2D eigenvalue weighted by atomic mass is 9.95. The molecule has 1 fully saturated rings. The Morgan fingerprint density at radius 1 is 1.06 bits per heavy atom. The van der Waals surface area contributed by atoms with Crippen LogP contribution in [0.4, 0.5) is 5.69 Å². The molecule has 5 nitrogen and oxygen atoms in total. The molecule has 3 aromatic rings. The van der Waals surface area contributed by atoms with Crippen molar-refractivity contribution in [3.05, 3.63) is 87.6 Å². The average molecular weight is 469 g/mol. The molecule has 7 heteroatoms. The lowest BCUT2D eigenvalue weighted by molar-refractivity contribution is 0.0943. The highest BCUT2D eigenvalue weighted by molar-refractivity contribution is 7.93. The van der Waals surface area contributed by atoms with Crippen molar-refractivity contribution < 1.29 is 13.2 Å². The molecule has 2 heterocycles. The summed E-state index contributed by atoms with van der Waals surface area (Å²) in [5.74, 6) is 0.482. The fourth-order valence-corrected chi connectivity index (χ4v) is 6.32. The number of hydrogen-bond acceptors (Lipinski definition) is 4. The molecule has 0 bridgehead atoms. The minimum Gasteiger partial charge on any atom is -0.340 e. The van der Waals surface area contributed by atoms with Crippen LogP contribution < -0.4 is 9.62 Å². The molecule has 2 aromatic carbocycles. The van der Waals surface area contributed by atoms with E-state index < -0.39 is 10.0 Å². The summed E-state index contributed by atoms with van der Waals surface area (Å²) in [6, 6.07) is 19.0. The molecule has 1 N–H and O–H groups in total. The Hall–Kier alpha value is -2.64. The SMILES string of the molecule is CCC(C)c1ccc(C(NC(=O)c2ccc(N3CCCS3(=O)=O)cc2)c2cccs2)cc1. The van der Waals surface area contributed by atoms with Crippen molar-refractivity contribution in [3.63, 3.8) is 0 Å². The number of anilines is 1. The van der Waals surface area contributed by atoms with E-state index in [1.165, 1.54) is 9.87 Å². The summed E-state index contributed by atoms with van der Waals surface area (Å²) >= 11 is 1.61. The van der Waals surface area contributed by atoms with Crippen molar-refractivity contribution in [1.82, 2.24) is 5.32 Å². The van der Waals surface area contributed by atoms with Gasteiger partial charge in [-0.25, -0.2) is 8.42 Å². The lowest BCUT2D eigenvalue weighted by Gasteiger charge is -2.20. The van der Waals surface area contributed by atoms with Crippen LogP contribution in [0.25, 0.3) is 0 Å². The molecule has 1 amide bonds. The highest BCUT2D eigenvalue weighted by Gasteiger charge is 2.28. The van der Waals surface area contributed by atoms with Gasteiger partial charge in [-0.15, -0.1) is 11.3 Å². The fraction of sp³-hybridized carbons (Fsp3) is 0.320. The fourth-order valence-electron chi connectivity index (χ4n) is 3.95. The maximum atomic E-state index is 13.1. The van der Waals surface area contributed by atoms with E-state index >= 15 is 0 Å². The van der Waals surface area contributed by atoms with Gasteiger partial charge in [0.2, 0.25) is 10.0 Å². The number of carbonyl (C=O) groups is 1. The van der Waals surface area contributed by atoms with Gasteiger partial charge in [0.1, 0.15) is 0 Å². The maximum Gasteiger partial charge on any atom is 0.252 e.